The Hall–Kier alpha value is -1.75. The molecule has 1 aromatic carbocycles. The smallest absolute Gasteiger partial charge is 0.311 e. The predicted molar refractivity (Wildman–Crippen MR) is 80.9 cm³/mol. The minimum Gasteiger partial charge on any atom is -0.496 e. The van der Waals surface area contributed by atoms with Gasteiger partial charge in [0.05, 0.1) is 13.0 Å². The number of carbonyl (C=O) groups is 2. The van der Waals surface area contributed by atoms with E-state index >= 15 is 0 Å². The first-order valence-electron chi connectivity index (χ1n) is 6.78. The third kappa shape index (κ3) is 4.36. The van der Waals surface area contributed by atoms with Crippen LogP contribution in [0.2, 0.25) is 5.02 Å². The number of carbonyl (C=O) groups excluding carboxylic acids is 1. The number of nitrogens with zero attached hydrogens (tertiary/aromatic N) is 1. The number of benzene rings is 1. The second-order valence-corrected chi connectivity index (χ2v) is 4.98. The lowest BCUT2D eigenvalue weighted by atomic mass is 9.94. The van der Waals surface area contributed by atoms with Crippen molar-refractivity contribution >= 4 is 23.5 Å². The molecule has 0 aliphatic rings. The van der Waals surface area contributed by atoms with Crippen molar-refractivity contribution in [3.8, 4) is 5.75 Å². The maximum atomic E-state index is 12.2. The van der Waals surface area contributed by atoms with Crippen molar-refractivity contribution in [3.05, 3.63) is 28.8 Å². The van der Waals surface area contributed by atoms with Crippen molar-refractivity contribution < 1.29 is 19.4 Å². The largest absolute Gasteiger partial charge is 0.496 e. The maximum Gasteiger partial charge on any atom is 0.311 e. The minimum absolute atomic E-state index is 0.117. The van der Waals surface area contributed by atoms with E-state index in [-0.39, 0.29) is 12.3 Å². The number of carboxylic acids is 1. The van der Waals surface area contributed by atoms with Gasteiger partial charge in [-0.25, -0.2) is 0 Å². The molecule has 1 N–H and O–H groups in total. The highest BCUT2D eigenvalue weighted by Crippen LogP contribution is 2.32. The molecule has 0 radical (unpaired) electrons. The highest BCUT2D eigenvalue weighted by Gasteiger charge is 2.28. The summed E-state index contributed by atoms with van der Waals surface area (Å²) >= 11 is 5.93. The van der Waals surface area contributed by atoms with Crippen molar-refractivity contribution in [3.63, 3.8) is 0 Å². The molecule has 5 nitrogen and oxygen atoms in total. The Kier molecular flexibility index (Phi) is 6.49. The predicted octanol–water partition coefficient (Wildman–Crippen LogP) is 2.78. The highest BCUT2D eigenvalue weighted by atomic mass is 35.5. The highest BCUT2D eigenvalue weighted by molar-refractivity contribution is 6.30. The van der Waals surface area contributed by atoms with E-state index in [1.54, 1.807) is 17.0 Å². The van der Waals surface area contributed by atoms with Crippen LogP contribution in [0.1, 0.15) is 31.7 Å². The second kappa shape index (κ2) is 7.88. The van der Waals surface area contributed by atoms with Gasteiger partial charge in [0, 0.05) is 30.1 Å². The molecule has 116 valence electrons. The summed E-state index contributed by atoms with van der Waals surface area (Å²) in [4.78, 5) is 25.3. The molecule has 0 aliphatic heterocycles. The molecule has 21 heavy (non-hydrogen) atoms. The standard InChI is InChI=1S/C15H20ClNO4/c1-4-17(5-2)14(18)9-12(15(19)20)11-8-10(16)6-7-13(11)21-3/h6-8,12H,4-5,9H2,1-3H3,(H,19,20). The maximum absolute atomic E-state index is 12.2. The summed E-state index contributed by atoms with van der Waals surface area (Å²) < 4.78 is 5.18. The van der Waals surface area contributed by atoms with Gasteiger partial charge in [0.1, 0.15) is 5.75 Å². The zero-order valence-electron chi connectivity index (χ0n) is 12.4. The fourth-order valence-electron chi connectivity index (χ4n) is 2.19. The average molecular weight is 314 g/mol. The van der Waals surface area contributed by atoms with Crippen LogP contribution in [-0.4, -0.2) is 42.1 Å². The van der Waals surface area contributed by atoms with Gasteiger partial charge in [-0.2, -0.15) is 0 Å². The molecule has 0 spiro atoms. The van der Waals surface area contributed by atoms with E-state index in [1.165, 1.54) is 13.2 Å². The summed E-state index contributed by atoms with van der Waals surface area (Å²) in [7, 11) is 1.46. The number of hydrogen-bond acceptors (Lipinski definition) is 3. The number of methoxy groups -OCH3 is 1. The van der Waals surface area contributed by atoms with Crippen LogP contribution in [0, 0.1) is 0 Å². The van der Waals surface area contributed by atoms with Crippen molar-refractivity contribution in [1.82, 2.24) is 4.90 Å². The van der Waals surface area contributed by atoms with Crippen LogP contribution in [-0.2, 0) is 9.59 Å². The molecule has 0 saturated carbocycles. The molecule has 0 saturated heterocycles. The molecular weight excluding hydrogens is 294 g/mol. The molecule has 1 aromatic rings. The van der Waals surface area contributed by atoms with Gasteiger partial charge in [-0.3, -0.25) is 9.59 Å². The van der Waals surface area contributed by atoms with Crippen molar-refractivity contribution in [2.45, 2.75) is 26.2 Å². The van der Waals surface area contributed by atoms with Gasteiger partial charge in [0.2, 0.25) is 5.91 Å². The third-order valence-corrected chi connectivity index (χ3v) is 3.60. The quantitative estimate of drug-likeness (QED) is 0.840. The molecule has 0 fully saturated rings. The Morgan fingerprint density at radius 3 is 2.43 bits per heavy atom. The topological polar surface area (TPSA) is 66.8 Å². The molecule has 1 rings (SSSR count). The molecular formula is C15H20ClNO4. The minimum atomic E-state index is -1.07. The molecule has 6 heteroatoms. The molecule has 0 bridgehead atoms. The van der Waals surface area contributed by atoms with Crippen LogP contribution >= 0.6 is 11.6 Å². The average Bonchev–Trinajstić information content (AvgIpc) is 2.45. The van der Waals surface area contributed by atoms with Crippen LogP contribution in [0.4, 0.5) is 0 Å². The number of rotatable bonds is 7. The number of halogens is 1. The monoisotopic (exact) mass is 313 g/mol. The first kappa shape index (κ1) is 17.3. The van der Waals surface area contributed by atoms with Crippen LogP contribution in [0.15, 0.2) is 18.2 Å². The fraction of sp³-hybridized carbons (Fsp3) is 0.467. The number of hydrogen-bond donors (Lipinski definition) is 1. The van der Waals surface area contributed by atoms with E-state index in [1.807, 2.05) is 13.8 Å². The molecule has 0 aromatic heterocycles. The van der Waals surface area contributed by atoms with E-state index in [0.29, 0.717) is 29.4 Å². The first-order chi connectivity index (χ1) is 9.94. The van der Waals surface area contributed by atoms with Crippen molar-refractivity contribution in [1.29, 1.82) is 0 Å². The normalized spacial score (nSPS) is 11.8. The summed E-state index contributed by atoms with van der Waals surface area (Å²) in [6.45, 7) is 4.82. The zero-order valence-corrected chi connectivity index (χ0v) is 13.2. The molecule has 1 unspecified atom stereocenters. The Balaban J connectivity index is 3.11. The second-order valence-electron chi connectivity index (χ2n) is 4.55. The Labute approximate surface area is 129 Å². The first-order valence-corrected chi connectivity index (χ1v) is 7.16. The lowest BCUT2D eigenvalue weighted by Crippen LogP contribution is -2.32. The van der Waals surface area contributed by atoms with E-state index < -0.39 is 11.9 Å². The lowest BCUT2D eigenvalue weighted by Gasteiger charge is -2.22. The van der Waals surface area contributed by atoms with E-state index in [2.05, 4.69) is 0 Å². The molecule has 1 atom stereocenters. The third-order valence-electron chi connectivity index (χ3n) is 3.36. The number of carboxylic acid groups (broad SMARTS) is 1. The number of amides is 1. The van der Waals surface area contributed by atoms with E-state index in [4.69, 9.17) is 16.3 Å². The molecule has 1 amide bonds. The van der Waals surface area contributed by atoms with Gasteiger partial charge in [0.25, 0.3) is 0 Å². The Bertz CT molecular complexity index is 514. The van der Waals surface area contributed by atoms with Crippen LogP contribution in [0.5, 0.6) is 5.75 Å². The van der Waals surface area contributed by atoms with Gasteiger partial charge in [-0.1, -0.05) is 11.6 Å². The van der Waals surface area contributed by atoms with Crippen LogP contribution in [0.3, 0.4) is 0 Å². The van der Waals surface area contributed by atoms with Gasteiger partial charge in [-0.15, -0.1) is 0 Å². The van der Waals surface area contributed by atoms with Crippen LogP contribution < -0.4 is 4.74 Å². The Morgan fingerprint density at radius 2 is 1.95 bits per heavy atom. The zero-order chi connectivity index (χ0) is 16.0. The van der Waals surface area contributed by atoms with E-state index in [9.17, 15) is 14.7 Å². The summed E-state index contributed by atoms with van der Waals surface area (Å²) in [6, 6.07) is 4.76. The lowest BCUT2D eigenvalue weighted by molar-refractivity contribution is -0.142. The van der Waals surface area contributed by atoms with Crippen LogP contribution in [0.25, 0.3) is 0 Å². The summed E-state index contributed by atoms with van der Waals surface area (Å²) in [5.41, 5.74) is 0.415. The van der Waals surface area contributed by atoms with Gasteiger partial charge < -0.3 is 14.7 Å². The Morgan fingerprint density at radius 1 is 1.33 bits per heavy atom. The molecule has 0 aliphatic carbocycles. The molecule has 0 heterocycles. The number of aliphatic carboxylic acids is 1. The van der Waals surface area contributed by atoms with Crippen molar-refractivity contribution in [2.24, 2.45) is 0 Å². The number of ether oxygens (including phenoxy) is 1. The summed E-state index contributed by atoms with van der Waals surface area (Å²) in [6.07, 6.45) is -0.117. The van der Waals surface area contributed by atoms with Gasteiger partial charge in [-0.05, 0) is 32.0 Å². The van der Waals surface area contributed by atoms with Gasteiger partial charge >= 0.3 is 5.97 Å². The van der Waals surface area contributed by atoms with Gasteiger partial charge in [0.15, 0.2) is 0 Å². The SMILES string of the molecule is CCN(CC)C(=O)CC(C(=O)O)c1cc(Cl)ccc1OC. The van der Waals surface area contributed by atoms with Crippen molar-refractivity contribution in [2.75, 3.05) is 20.2 Å². The fourth-order valence-corrected chi connectivity index (χ4v) is 2.37. The summed E-state index contributed by atoms with van der Waals surface area (Å²) in [5, 5.41) is 9.85. The van der Waals surface area contributed by atoms with E-state index in [0.717, 1.165) is 0 Å². The summed E-state index contributed by atoms with van der Waals surface area (Å²) in [5.74, 6) is -1.84.